The van der Waals surface area contributed by atoms with E-state index in [9.17, 15) is 4.79 Å². The third kappa shape index (κ3) is 4.59. The van der Waals surface area contributed by atoms with Gasteiger partial charge in [0.15, 0.2) is 5.16 Å². The average molecular weight is 416 g/mol. The number of carbonyl (C=O) groups excluding carboxylic acids is 1. The first kappa shape index (κ1) is 20.2. The molecule has 2 fully saturated rings. The first-order chi connectivity index (χ1) is 14.3. The number of ether oxygens (including phenoxy) is 1. The summed E-state index contributed by atoms with van der Waals surface area (Å²) in [5.41, 5.74) is 1.02. The van der Waals surface area contributed by atoms with Crippen LogP contribution in [0.5, 0.6) is 0 Å². The maximum absolute atomic E-state index is 13.4. The quantitative estimate of drug-likeness (QED) is 0.676. The summed E-state index contributed by atoms with van der Waals surface area (Å²) >= 11 is 1.52. The van der Waals surface area contributed by atoms with Crippen LogP contribution in [-0.4, -0.2) is 65.0 Å². The molecular weight excluding hydrogens is 386 g/mol. The van der Waals surface area contributed by atoms with E-state index in [1.807, 2.05) is 35.2 Å². The van der Waals surface area contributed by atoms with E-state index in [-0.39, 0.29) is 11.2 Å². The van der Waals surface area contributed by atoms with Gasteiger partial charge in [-0.2, -0.15) is 0 Å². The predicted molar refractivity (Wildman–Crippen MR) is 114 cm³/mol. The number of thioether (sulfide) groups is 1. The Morgan fingerprint density at radius 2 is 1.79 bits per heavy atom. The number of rotatable bonds is 6. The van der Waals surface area contributed by atoms with Crippen LogP contribution in [0.4, 0.5) is 5.95 Å². The van der Waals surface area contributed by atoms with Crippen molar-refractivity contribution in [1.82, 2.24) is 19.7 Å². The summed E-state index contributed by atoms with van der Waals surface area (Å²) < 4.78 is 7.59. The zero-order chi connectivity index (χ0) is 20.1. The molecule has 1 amide bonds. The predicted octanol–water partition coefficient (Wildman–Crippen LogP) is 2.98. The third-order valence-corrected chi connectivity index (χ3v) is 6.75. The Morgan fingerprint density at radius 1 is 1.07 bits per heavy atom. The summed E-state index contributed by atoms with van der Waals surface area (Å²) in [5.74, 6) is 1.05. The highest BCUT2D eigenvalue weighted by molar-refractivity contribution is 8.00. The molecule has 0 spiro atoms. The van der Waals surface area contributed by atoms with Crippen LogP contribution in [0.25, 0.3) is 0 Å². The summed E-state index contributed by atoms with van der Waals surface area (Å²) in [6, 6.07) is 10.1. The Kier molecular flexibility index (Phi) is 6.71. The molecule has 1 aromatic heterocycles. The van der Waals surface area contributed by atoms with Gasteiger partial charge in [0.2, 0.25) is 11.9 Å². The van der Waals surface area contributed by atoms with E-state index >= 15 is 0 Å². The molecule has 0 radical (unpaired) electrons. The maximum atomic E-state index is 13.4. The molecule has 29 heavy (non-hydrogen) atoms. The van der Waals surface area contributed by atoms with Gasteiger partial charge in [-0.3, -0.25) is 9.36 Å². The molecule has 2 saturated heterocycles. The summed E-state index contributed by atoms with van der Waals surface area (Å²) in [5, 5.41) is 9.44. The molecule has 2 aliphatic rings. The van der Waals surface area contributed by atoms with E-state index in [1.54, 1.807) is 0 Å². The minimum atomic E-state index is -0.304. The molecule has 1 atom stereocenters. The number of aromatic nitrogens is 3. The normalized spacial score (nSPS) is 18.7. The van der Waals surface area contributed by atoms with Crippen LogP contribution >= 0.6 is 11.8 Å². The lowest BCUT2D eigenvalue weighted by Crippen LogP contribution is -2.38. The van der Waals surface area contributed by atoms with Crippen molar-refractivity contribution in [2.45, 2.75) is 43.1 Å². The lowest BCUT2D eigenvalue weighted by molar-refractivity contribution is -0.131. The summed E-state index contributed by atoms with van der Waals surface area (Å²) in [6.45, 7) is 7.61. The van der Waals surface area contributed by atoms with Crippen molar-refractivity contribution < 1.29 is 9.53 Å². The maximum Gasteiger partial charge on any atom is 0.240 e. The number of carbonyl (C=O) groups is 1. The van der Waals surface area contributed by atoms with Gasteiger partial charge in [-0.1, -0.05) is 42.1 Å². The molecular formula is C21H29N5O2S. The van der Waals surface area contributed by atoms with Crippen LogP contribution in [0.1, 0.15) is 37.0 Å². The topological polar surface area (TPSA) is 63.5 Å². The van der Waals surface area contributed by atoms with Gasteiger partial charge in [0.05, 0.1) is 13.2 Å². The standard InChI is InChI=1S/C21H29N5O2S/c1-2-26-20(25-13-15-28-16-14-25)22-23-21(26)29-18(17-9-5-3-6-10-17)19(27)24-11-7-4-8-12-24/h3,5-6,9-10,18H,2,4,7-8,11-16H2,1H3. The van der Waals surface area contributed by atoms with Crippen molar-refractivity contribution in [3.63, 3.8) is 0 Å². The fourth-order valence-electron chi connectivity index (χ4n) is 3.92. The van der Waals surface area contributed by atoms with Gasteiger partial charge in [0.1, 0.15) is 5.25 Å². The molecule has 2 aromatic rings. The molecule has 0 bridgehead atoms. The zero-order valence-corrected chi connectivity index (χ0v) is 17.8. The number of nitrogens with zero attached hydrogens (tertiary/aromatic N) is 5. The molecule has 8 heteroatoms. The smallest absolute Gasteiger partial charge is 0.240 e. The Bertz CT molecular complexity index is 801. The number of anilines is 1. The number of likely N-dealkylation sites (tertiary alicyclic amines) is 1. The van der Waals surface area contributed by atoms with Gasteiger partial charge in [0.25, 0.3) is 0 Å². The highest BCUT2D eigenvalue weighted by Gasteiger charge is 2.30. The Hall–Kier alpha value is -2.06. The van der Waals surface area contributed by atoms with Gasteiger partial charge < -0.3 is 14.5 Å². The van der Waals surface area contributed by atoms with Crippen LogP contribution in [0.3, 0.4) is 0 Å². The van der Waals surface area contributed by atoms with Crippen molar-refractivity contribution in [1.29, 1.82) is 0 Å². The van der Waals surface area contributed by atoms with E-state index < -0.39 is 0 Å². The van der Waals surface area contributed by atoms with Gasteiger partial charge in [-0.05, 0) is 31.7 Å². The fourth-order valence-corrected chi connectivity index (χ4v) is 5.10. The lowest BCUT2D eigenvalue weighted by atomic mass is 10.1. The monoisotopic (exact) mass is 415 g/mol. The summed E-state index contributed by atoms with van der Waals surface area (Å²) in [4.78, 5) is 17.7. The molecule has 0 N–H and O–H groups in total. The highest BCUT2D eigenvalue weighted by atomic mass is 32.2. The molecule has 1 unspecified atom stereocenters. The van der Waals surface area contributed by atoms with Crippen LogP contribution in [0.15, 0.2) is 35.5 Å². The summed E-state index contributed by atoms with van der Waals surface area (Å²) in [7, 11) is 0. The minimum absolute atomic E-state index is 0.180. The Morgan fingerprint density at radius 3 is 2.48 bits per heavy atom. The molecule has 7 nitrogen and oxygen atoms in total. The van der Waals surface area contributed by atoms with Gasteiger partial charge in [-0.25, -0.2) is 0 Å². The Balaban J connectivity index is 1.60. The van der Waals surface area contributed by atoms with E-state index in [0.29, 0.717) is 13.2 Å². The third-order valence-electron chi connectivity index (χ3n) is 5.53. The molecule has 3 heterocycles. The molecule has 156 valence electrons. The fraction of sp³-hybridized carbons (Fsp3) is 0.571. The largest absolute Gasteiger partial charge is 0.378 e. The van der Waals surface area contributed by atoms with Crippen LogP contribution in [0.2, 0.25) is 0 Å². The van der Waals surface area contributed by atoms with Crippen molar-refractivity contribution in [2.24, 2.45) is 0 Å². The molecule has 0 aliphatic carbocycles. The van der Waals surface area contributed by atoms with Gasteiger partial charge in [-0.15, -0.1) is 10.2 Å². The van der Waals surface area contributed by atoms with E-state index in [4.69, 9.17) is 4.74 Å². The van der Waals surface area contributed by atoms with E-state index in [0.717, 1.165) is 62.2 Å². The Labute approximate surface area is 176 Å². The second-order valence-corrected chi connectivity index (χ2v) is 8.49. The number of hydrogen-bond acceptors (Lipinski definition) is 6. The van der Waals surface area contributed by atoms with Crippen molar-refractivity contribution in [3.8, 4) is 0 Å². The number of morpholine rings is 1. The van der Waals surface area contributed by atoms with E-state index in [1.165, 1.54) is 18.2 Å². The highest BCUT2D eigenvalue weighted by Crippen LogP contribution is 2.37. The average Bonchev–Trinajstić information content (AvgIpc) is 3.21. The first-order valence-electron chi connectivity index (χ1n) is 10.5. The molecule has 1 aromatic carbocycles. The first-order valence-corrected chi connectivity index (χ1v) is 11.4. The second kappa shape index (κ2) is 9.63. The minimum Gasteiger partial charge on any atom is -0.378 e. The zero-order valence-electron chi connectivity index (χ0n) is 17.0. The van der Waals surface area contributed by atoms with Crippen molar-refractivity contribution in [2.75, 3.05) is 44.3 Å². The van der Waals surface area contributed by atoms with Gasteiger partial charge in [0, 0.05) is 32.7 Å². The number of hydrogen-bond donors (Lipinski definition) is 0. The molecule has 4 rings (SSSR count). The number of piperidine rings is 1. The SMILES string of the molecule is CCn1c(SC(C(=O)N2CCCCC2)c2ccccc2)nnc1N1CCOCC1. The van der Waals surface area contributed by atoms with Crippen LogP contribution < -0.4 is 4.90 Å². The van der Waals surface area contributed by atoms with Gasteiger partial charge >= 0.3 is 0 Å². The number of benzene rings is 1. The van der Waals surface area contributed by atoms with Crippen molar-refractivity contribution in [3.05, 3.63) is 35.9 Å². The van der Waals surface area contributed by atoms with Crippen molar-refractivity contribution >= 4 is 23.6 Å². The van der Waals surface area contributed by atoms with E-state index in [2.05, 4.69) is 26.6 Å². The molecule has 2 aliphatic heterocycles. The molecule has 0 saturated carbocycles. The van der Waals surface area contributed by atoms with Crippen LogP contribution in [-0.2, 0) is 16.1 Å². The number of amides is 1. The lowest BCUT2D eigenvalue weighted by Gasteiger charge is -2.30. The summed E-state index contributed by atoms with van der Waals surface area (Å²) in [6.07, 6.45) is 3.38. The van der Waals surface area contributed by atoms with Crippen LogP contribution in [0, 0.1) is 0 Å². The second-order valence-electron chi connectivity index (χ2n) is 7.42.